The molecule has 0 unspecified atom stereocenters. The van der Waals surface area contributed by atoms with E-state index in [1.807, 2.05) is 49.7 Å². The Hall–Kier alpha value is -3.22. The highest BCUT2D eigenvalue weighted by Gasteiger charge is 2.16. The van der Waals surface area contributed by atoms with E-state index in [9.17, 15) is 13.6 Å². The van der Waals surface area contributed by atoms with Gasteiger partial charge in [-0.3, -0.25) is 9.48 Å². The number of aryl methyl sites for hydroxylation is 2. The van der Waals surface area contributed by atoms with Crippen LogP contribution in [0.4, 0.5) is 14.5 Å². The molecule has 0 aliphatic rings. The topological polar surface area (TPSA) is 56.2 Å². The zero-order valence-corrected chi connectivity index (χ0v) is 15.9. The van der Waals surface area contributed by atoms with Crippen molar-refractivity contribution in [2.24, 2.45) is 0 Å². The lowest BCUT2D eigenvalue weighted by Gasteiger charge is -2.09. The lowest BCUT2D eigenvalue weighted by atomic mass is 10.1. The maximum Gasteiger partial charge on any atom is 0.387 e. The molecule has 5 nitrogen and oxygen atoms in total. The number of nitrogens with zero attached hydrogens (tertiary/aromatic N) is 2. The normalized spacial score (nSPS) is 10.9. The largest absolute Gasteiger partial charge is 0.435 e. The van der Waals surface area contributed by atoms with Crippen LogP contribution < -0.4 is 10.1 Å². The molecular formula is C21H21F2N3O2. The van der Waals surface area contributed by atoms with Gasteiger partial charge in [0.1, 0.15) is 5.75 Å². The molecule has 0 aliphatic heterocycles. The second-order valence-corrected chi connectivity index (χ2v) is 6.55. The smallest absolute Gasteiger partial charge is 0.387 e. The number of hydrogen-bond acceptors (Lipinski definition) is 3. The van der Waals surface area contributed by atoms with Gasteiger partial charge < -0.3 is 10.1 Å². The summed E-state index contributed by atoms with van der Waals surface area (Å²) in [7, 11) is 0. The van der Waals surface area contributed by atoms with E-state index < -0.39 is 6.61 Å². The van der Waals surface area contributed by atoms with Gasteiger partial charge in [0.25, 0.3) is 5.91 Å². The van der Waals surface area contributed by atoms with Crippen LogP contribution in [0.2, 0.25) is 0 Å². The van der Waals surface area contributed by atoms with Gasteiger partial charge in [0.2, 0.25) is 0 Å². The lowest BCUT2D eigenvalue weighted by Crippen LogP contribution is -2.13. The summed E-state index contributed by atoms with van der Waals surface area (Å²) in [6, 6.07) is 13.7. The Morgan fingerprint density at radius 2 is 1.71 bits per heavy atom. The SMILES string of the molecule is Cc1ccc(Cn2nc(C)c(NC(=O)c3ccc(OC(F)F)cc3)c2C)cc1. The number of ether oxygens (including phenoxy) is 1. The molecule has 3 rings (SSSR count). The Morgan fingerprint density at radius 1 is 1.07 bits per heavy atom. The third-order valence-electron chi connectivity index (χ3n) is 4.41. The van der Waals surface area contributed by atoms with Gasteiger partial charge in [-0.05, 0) is 50.6 Å². The Kier molecular flexibility index (Phi) is 5.73. The van der Waals surface area contributed by atoms with E-state index in [1.165, 1.54) is 29.8 Å². The summed E-state index contributed by atoms with van der Waals surface area (Å²) in [5, 5.41) is 7.38. The molecule has 0 saturated heterocycles. The summed E-state index contributed by atoms with van der Waals surface area (Å²) in [4.78, 5) is 12.5. The molecular weight excluding hydrogens is 364 g/mol. The van der Waals surface area contributed by atoms with Crippen LogP contribution in [0.25, 0.3) is 0 Å². The fraction of sp³-hybridized carbons (Fsp3) is 0.238. The first-order chi connectivity index (χ1) is 13.3. The number of amides is 1. The molecule has 146 valence electrons. The summed E-state index contributed by atoms with van der Waals surface area (Å²) in [6.45, 7) is 3.45. The van der Waals surface area contributed by atoms with E-state index in [0.717, 1.165) is 11.3 Å². The van der Waals surface area contributed by atoms with Crippen LogP contribution in [0.15, 0.2) is 48.5 Å². The second kappa shape index (κ2) is 8.21. The van der Waals surface area contributed by atoms with Gasteiger partial charge in [0, 0.05) is 5.56 Å². The van der Waals surface area contributed by atoms with Gasteiger partial charge in [0.05, 0.1) is 23.6 Å². The quantitative estimate of drug-likeness (QED) is 0.669. The van der Waals surface area contributed by atoms with Crippen molar-refractivity contribution in [1.29, 1.82) is 0 Å². The number of carbonyl (C=O) groups excluding carboxylic acids is 1. The molecule has 0 atom stereocenters. The standard InChI is InChI=1S/C21H21F2N3O2/c1-13-4-6-16(7-5-13)12-26-15(3)19(14(2)25-26)24-20(27)17-8-10-18(11-9-17)28-21(22)23/h4-11,21H,12H2,1-3H3,(H,24,27). The molecule has 1 N–H and O–H groups in total. The van der Waals surface area contributed by atoms with Gasteiger partial charge >= 0.3 is 6.61 Å². The molecule has 0 radical (unpaired) electrons. The fourth-order valence-electron chi connectivity index (χ4n) is 2.87. The average Bonchev–Trinajstić information content (AvgIpc) is 2.91. The summed E-state index contributed by atoms with van der Waals surface area (Å²) >= 11 is 0. The first-order valence-corrected chi connectivity index (χ1v) is 8.79. The van der Waals surface area contributed by atoms with Crippen LogP contribution in [-0.4, -0.2) is 22.3 Å². The minimum atomic E-state index is -2.90. The van der Waals surface area contributed by atoms with Gasteiger partial charge in [-0.2, -0.15) is 13.9 Å². The van der Waals surface area contributed by atoms with E-state index >= 15 is 0 Å². The predicted octanol–water partition coefficient (Wildman–Crippen LogP) is 4.71. The fourth-order valence-corrected chi connectivity index (χ4v) is 2.87. The zero-order valence-electron chi connectivity index (χ0n) is 15.9. The Labute approximate surface area is 161 Å². The van der Waals surface area contributed by atoms with Crippen LogP contribution >= 0.6 is 0 Å². The summed E-state index contributed by atoms with van der Waals surface area (Å²) in [6.07, 6.45) is 0. The summed E-state index contributed by atoms with van der Waals surface area (Å²) in [5.41, 5.74) is 4.83. The highest BCUT2D eigenvalue weighted by Crippen LogP contribution is 2.22. The molecule has 0 fully saturated rings. The van der Waals surface area contributed by atoms with Gasteiger partial charge in [-0.25, -0.2) is 0 Å². The van der Waals surface area contributed by atoms with Crippen LogP contribution in [-0.2, 0) is 6.54 Å². The van der Waals surface area contributed by atoms with Crippen molar-refractivity contribution >= 4 is 11.6 Å². The maximum absolute atomic E-state index is 12.5. The van der Waals surface area contributed by atoms with Gasteiger partial charge in [-0.1, -0.05) is 29.8 Å². The number of aromatic nitrogens is 2. The molecule has 1 amide bonds. The van der Waals surface area contributed by atoms with E-state index in [0.29, 0.717) is 23.5 Å². The molecule has 1 heterocycles. The van der Waals surface area contributed by atoms with Crippen LogP contribution in [0, 0.1) is 20.8 Å². The van der Waals surface area contributed by atoms with Crippen LogP contribution in [0.3, 0.4) is 0 Å². The second-order valence-electron chi connectivity index (χ2n) is 6.55. The molecule has 0 bridgehead atoms. The molecule has 0 spiro atoms. The van der Waals surface area contributed by atoms with Crippen molar-refractivity contribution in [2.75, 3.05) is 5.32 Å². The number of nitrogens with one attached hydrogen (secondary N) is 1. The average molecular weight is 385 g/mol. The maximum atomic E-state index is 12.5. The Morgan fingerprint density at radius 3 is 2.32 bits per heavy atom. The number of anilines is 1. The highest BCUT2D eigenvalue weighted by molar-refractivity contribution is 6.04. The first-order valence-electron chi connectivity index (χ1n) is 8.79. The molecule has 1 aromatic heterocycles. The third kappa shape index (κ3) is 4.54. The minimum absolute atomic E-state index is 0.00447. The minimum Gasteiger partial charge on any atom is -0.435 e. The van der Waals surface area contributed by atoms with Crippen LogP contribution in [0.1, 0.15) is 32.9 Å². The van der Waals surface area contributed by atoms with Crippen molar-refractivity contribution in [3.05, 3.63) is 76.6 Å². The van der Waals surface area contributed by atoms with Gasteiger partial charge in [-0.15, -0.1) is 0 Å². The molecule has 2 aromatic carbocycles. The number of carbonyl (C=O) groups is 1. The van der Waals surface area contributed by atoms with Crippen molar-refractivity contribution in [2.45, 2.75) is 33.9 Å². The molecule has 7 heteroatoms. The Balaban J connectivity index is 1.74. The number of halogens is 2. The highest BCUT2D eigenvalue weighted by atomic mass is 19.3. The van der Waals surface area contributed by atoms with Gasteiger partial charge in [0.15, 0.2) is 0 Å². The number of hydrogen-bond donors (Lipinski definition) is 1. The number of rotatable bonds is 6. The number of benzene rings is 2. The Bertz CT molecular complexity index is 965. The van der Waals surface area contributed by atoms with E-state index in [1.54, 1.807) is 0 Å². The zero-order chi connectivity index (χ0) is 20.3. The summed E-state index contributed by atoms with van der Waals surface area (Å²) in [5.74, 6) is -0.338. The van der Waals surface area contributed by atoms with Crippen LogP contribution in [0.5, 0.6) is 5.75 Å². The van der Waals surface area contributed by atoms with Crippen molar-refractivity contribution in [3.63, 3.8) is 0 Å². The third-order valence-corrected chi connectivity index (χ3v) is 4.41. The van der Waals surface area contributed by atoms with Crippen molar-refractivity contribution in [1.82, 2.24) is 9.78 Å². The molecule has 0 aliphatic carbocycles. The van der Waals surface area contributed by atoms with Crippen molar-refractivity contribution in [3.8, 4) is 5.75 Å². The molecule has 0 saturated carbocycles. The molecule has 28 heavy (non-hydrogen) atoms. The number of alkyl halides is 2. The van der Waals surface area contributed by atoms with Crippen molar-refractivity contribution < 1.29 is 18.3 Å². The predicted molar refractivity (Wildman–Crippen MR) is 103 cm³/mol. The van der Waals surface area contributed by atoms with E-state index in [4.69, 9.17) is 0 Å². The van der Waals surface area contributed by atoms with E-state index in [-0.39, 0.29) is 11.7 Å². The first kappa shape index (κ1) is 19.5. The summed E-state index contributed by atoms with van der Waals surface area (Å²) < 4.78 is 30.6. The van der Waals surface area contributed by atoms with E-state index in [2.05, 4.69) is 15.2 Å². The molecule has 3 aromatic rings. The monoisotopic (exact) mass is 385 g/mol. The lowest BCUT2D eigenvalue weighted by molar-refractivity contribution is -0.0498.